The van der Waals surface area contributed by atoms with Gasteiger partial charge in [-0.15, -0.1) is 0 Å². The van der Waals surface area contributed by atoms with Crippen LogP contribution in [0.1, 0.15) is 60.2 Å². The number of hydrogen-bond donors (Lipinski definition) is 2. The maximum atomic E-state index is 12.3. The van der Waals surface area contributed by atoms with Crippen molar-refractivity contribution in [2.24, 2.45) is 0 Å². The Labute approximate surface area is 178 Å². The number of carbonyl (C=O) groups excluding carboxylic acids is 3. The summed E-state index contributed by atoms with van der Waals surface area (Å²) < 4.78 is 5.14. The fourth-order valence-corrected chi connectivity index (χ4v) is 3.07. The molecule has 0 aliphatic heterocycles. The summed E-state index contributed by atoms with van der Waals surface area (Å²) in [5, 5.41) is 5.59. The van der Waals surface area contributed by atoms with E-state index >= 15 is 0 Å². The van der Waals surface area contributed by atoms with Gasteiger partial charge in [0.05, 0.1) is 18.5 Å². The van der Waals surface area contributed by atoms with E-state index in [0.717, 1.165) is 22.3 Å². The molecule has 2 aromatic rings. The molecule has 2 atom stereocenters. The molecule has 6 heteroatoms. The fraction of sp³-hybridized carbons (Fsp3) is 0.375. The number of esters is 1. The number of amides is 2. The van der Waals surface area contributed by atoms with Crippen LogP contribution in [-0.2, 0) is 19.1 Å². The molecule has 0 aliphatic rings. The molecule has 0 fully saturated rings. The second-order valence-electron chi connectivity index (χ2n) is 7.66. The second kappa shape index (κ2) is 10.6. The molecule has 6 nitrogen and oxygen atoms in total. The molecule has 2 amide bonds. The smallest absolute Gasteiger partial charge is 0.308 e. The molecule has 30 heavy (non-hydrogen) atoms. The molecular weight excluding hydrogens is 380 g/mol. The van der Waals surface area contributed by atoms with Gasteiger partial charge in [0.1, 0.15) is 0 Å². The normalized spacial score (nSPS) is 12.6. The molecule has 0 spiro atoms. The van der Waals surface area contributed by atoms with Crippen LogP contribution in [0.25, 0.3) is 0 Å². The van der Waals surface area contributed by atoms with E-state index in [1.165, 1.54) is 12.5 Å². The first kappa shape index (κ1) is 23.1. The zero-order valence-corrected chi connectivity index (χ0v) is 18.2. The topological polar surface area (TPSA) is 84.5 Å². The van der Waals surface area contributed by atoms with Gasteiger partial charge >= 0.3 is 5.97 Å². The van der Waals surface area contributed by atoms with E-state index < -0.39 is 12.0 Å². The summed E-state index contributed by atoms with van der Waals surface area (Å²) in [5.41, 5.74) is 5.22. The van der Waals surface area contributed by atoms with Crippen LogP contribution in [0.5, 0.6) is 0 Å². The lowest BCUT2D eigenvalue weighted by molar-refractivity contribution is -0.149. The van der Waals surface area contributed by atoms with Crippen LogP contribution in [0.4, 0.5) is 0 Å². The number of aryl methyl sites for hydroxylation is 3. The van der Waals surface area contributed by atoms with Gasteiger partial charge < -0.3 is 15.4 Å². The maximum absolute atomic E-state index is 12.3. The van der Waals surface area contributed by atoms with Crippen LogP contribution in [0.3, 0.4) is 0 Å². The van der Waals surface area contributed by atoms with Crippen molar-refractivity contribution in [3.63, 3.8) is 0 Å². The molecule has 160 valence electrons. The molecule has 2 N–H and O–H groups in total. The first-order valence-corrected chi connectivity index (χ1v) is 10.0. The predicted molar refractivity (Wildman–Crippen MR) is 116 cm³/mol. The number of hydrogen-bond acceptors (Lipinski definition) is 4. The second-order valence-corrected chi connectivity index (χ2v) is 7.66. The van der Waals surface area contributed by atoms with E-state index in [9.17, 15) is 14.4 Å². The first-order chi connectivity index (χ1) is 14.2. The van der Waals surface area contributed by atoms with Gasteiger partial charge in [-0.2, -0.15) is 0 Å². The quantitative estimate of drug-likeness (QED) is 0.651. The maximum Gasteiger partial charge on any atom is 0.308 e. The Morgan fingerprint density at radius 2 is 1.53 bits per heavy atom. The van der Waals surface area contributed by atoms with Crippen LogP contribution in [0, 0.1) is 20.8 Å². The standard InChI is InChI=1S/C24H30N2O4/c1-15-6-9-20(10-7-15)22(26-19(5)27)13-24(29)30-14-23(28)25-18(4)21-11-8-16(2)17(3)12-21/h6-12,18,22H,13-14H2,1-5H3,(H,25,28)(H,26,27). The minimum Gasteiger partial charge on any atom is -0.456 e. The van der Waals surface area contributed by atoms with Crippen LogP contribution in [0.15, 0.2) is 42.5 Å². The summed E-state index contributed by atoms with van der Waals surface area (Å²) in [6.07, 6.45) is -0.0529. The molecule has 0 bridgehead atoms. The molecule has 0 saturated heterocycles. The van der Waals surface area contributed by atoms with E-state index in [2.05, 4.69) is 10.6 Å². The van der Waals surface area contributed by atoms with Crippen molar-refractivity contribution in [2.45, 2.75) is 53.1 Å². The third kappa shape index (κ3) is 7.03. The molecule has 0 aliphatic carbocycles. The lowest BCUT2D eigenvalue weighted by Gasteiger charge is -2.18. The summed E-state index contributed by atoms with van der Waals surface area (Å²) in [5.74, 6) is -1.17. The van der Waals surface area contributed by atoms with Crippen LogP contribution < -0.4 is 10.6 Å². The molecular formula is C24H30N2O4. The van der Waals surface area contributed by atoms with Gasteiger partial charge in [0, 0.05) is 6.92 Å². The zero-order valence-electron chi connectivity index (χ0n) is 18.2. The van der Waals surface area contributed by atoms with E-state index in [1.54, 1.807) is 0 Å². The highest BCUT2D eigenvalue weighted by Crippen LogP contribution is 2.19. The van der Waals surface area contributed by atoms with Crippen molar-refractivity contribution >= 4 is 17.8 Å². The van der Waals surface area contributed by atoms with Gasteiger partial charge in [0.15, 0.2) is 6.61 Å². The van der Waals surface area contributed by atoms with E-state index in [-0.39, 0.29) is 30.9 Å². The molecule has 0 aromatic heterocycles. The number of rotatable bonds is 8. The summed E-state index contributed by atoms with van der Waals surface area (Å²) in [6.45, 7) is 8.93. The minimum absolute atomic E-state index is 0.0529. The van der Waals surface area contributed by atoms with Gasteiger partial charge in [-0.25, -0.2) is 0 Å². The molecule has 0 radical (unpaired) electrons. The molecule has 2 unspecified atom stereocenters. The average molecular weight is 411 g/mol. The molecule has 0 heterocycles. The zero-order chi connectivity index (χ0) is 22.3. The van der Waals surface area contributed by atoms with Crippen molar-refractivity contribution in [3.8, 4) is 0 Å². The van der Waals surface area contributed by atoms with E-state index in [0.29, 0.717) is 0 Å². The highest BCUT2D eigenvalue weighted by atomic mass is 16.5. The third-order valence-electron chi connectivity index (χ3n) is 5.00. The predicted octanol–water partition coefficient (Wildman–Crippen LogP) is 3.60. The van der Waals surface area contributed by atoms with Crippen molar-refractivity contribution in [1.82, 2.24) is 10.6 Å². The summed E-state index contributed by atoms with van der Waals surface area (Å²) in [6, 6.07) is 12.9. The number of nitrogens with one attached hydrogen (secondary N) is 2. The van der Waals surface area contributed by atoms with Crippen LogP contribution >= 0.6 is 0 Å². The lowest BCUT2D eigenvalue weighted by atomic mass is 10.0. The summed E-state index contributed by atoms with van der Waals surface area (Å²) >= 11 is 0. The van der Waals surface area contributed by atoms with Crippen molar-refractivity contribution in [3.05, 3.63) is 70.3 Å². The molecule has 0 saturated carbocycles. The summed E-state index contributed by atoms with van der Waals surface area (Å²) in [7, 11) is 0. The molecule has 2 aromatic carbocycles. The van der Waals surface area contributed by atoms with Gasteiger partial charge in [-0.3, -0.25) is 14.4 Å². The fourth-order valence-electron chi connectivity index (χ4n) is 3.07. The molecule has 2 rings (SSSR count). The SMILES string of the molecule is CC(=O)NC(CC(=O)OCC(=O)NC(C)c1ccc(C)c(C)c1)c1ccc(C)cc1. The first-order valence-electron chi connectivity index (χ1n) is 10.0. The van der Waals surface area contributed by atoms with Crippen LogP contribution in [-0.4, -0.2) is 24.4 Å². The monoisotopic (exact) mass is 410 g/mol. The van der Waals surface area contributed by atoms with Gasteiger partial charge in [0.2, 0.25) is 5.91 Å². The Kier molecular flexibility index (Phi) is 8.16. The number of ether oxygens (including phenoxy) is 1. The summed E-state index contributed by atoms with van der Waals surface area (Å²) in [4.78, 5) is 36.0. The Balaban J connectivity index is 1.89. The Morgan fingerprint density at radius 3 is 2.13 bits per heavy atom. The van der Waals surface area contributed by atoms with E-state index in [4.69, 9.17) is 4.74 Å². The lowest BCUT2D eigenvalue weighted by Crippen LogP contribution is -2.32. The largest absolute Gasteiger partial charge is 0.456 e. The van der Waals surface area contributed by atoms with Crippen molar-refractivity contribution < 1.29 is 19.1 Å². The Morgan fingerprint density at radius 1 is 0.900 bits per heavy atom. The highest BCUT2D eigenvalue weighted by molar-refractivity contribution is 5.81. The van der Waals surface area contributed by atoms with Gasteiger partial charge in [0.25, 0.3) is 5.91 Å². The highest BCUT2D eigenvalue weighted by Gasteiger charge is 2.19. The van der Waals surface area contributed by atoms with Crippen molar-refractivity contribution in [1.29, 1.82) is 0 Å². The number of benzene rings is 2. The Bertz CT molecular complexity index is 906. The number of carbonyl (C=O) groups is 3. The van der Waals surface area contributed by atoms with Gasteiger partial charge in [-0.1, -0.05) is 48.0 Å². The van der Waals surface area contributed by atoms with Gasteiger partial charge in [-0.05, 0) is 49.9 Å². The third-order valence-corrected chi connectivity index (χ3v) is 5.00. The average Bonchev–Trinajstić information content (AvgIpc) is 2.68. The van der Waals surface area contributed by atoms with E-state index in [1.807, 2.05) is 70.2 Å². The van der Waals surface area contributed by atoms with Crippen molar-refractivity contribution in [2.75, 3.05) is 6.61 Å². The van der Waals surface area contributed by atoms with Crippen LogP contribution in [0.2, 0.25) is 0 Å². The minimum atomic E-state index is -0.552. The Hall–Kier alpha value is -3.15.